The zero-order valence-corrected chi connectivity index (χ0v) is 20.5. The average Bonchev–Trinajstić information content (AvgIpc) is 2.83. The van der Waals surface area contributed by atoms with Crippen LogP contribution >= 0.6 is 0 Å². The van der Waals surface area contributed by atoms with E-state index >= 15 is 0 Å². The minimum Gasteiger partial charge on any atom is -0.494 e. The highest BCUT2D eigenvalue weighted by atomic mass is 16.5. The Morgan fingerprint density at radius 1 is 0.941 bits per heavy atom. The first-order chi connectivity index (χ1) is 16.4. The van der Waals surface area contributed by atoms with E-state index in [-0.39, 0.29) is 6.03 Å². The zero-order chi connectivity index (χ0) is 24.1. The second-order valence-corrected chi connectivity index (χ2v) is 8.68. The number of hydrogen-bond acceptors (Lipinski definition) is 5. The van der Waals surface area contributed by atoms with Crippen LogP contribution < -0.4 is 15.0 Å². The van der Waals surface area contributed by atoms with Gasteiger partial charge in [0.2, 0.25) is 0 Å². The van der Waals surface area contributed by atoms with E-state index in [9.17, 15) is 4.79 Å². The summed E-state index contributed by atoms with van der Waals surface area (Å²) in [6, 6.07) is 16.0. The monoisotopic (exact) mass is 459 g/mol. The number of aryl methyl sites for hydroxylation is 3. The number of piperazine rings is 1. The fraction of sp³-hybridized carbons (Fsp3) is 0.370. The lowest BCUT2D eigenvalue weighted by Crippen LogP contribution is -2.50. The van der Waals surface area contributed by atoms with Gasteiger partial charge in [-0.2, -0.15) is 0 Å². The van der Waals surface area contributed by atoms with Gasteiger partial charge in [-0.25, -0.2) is 14.8 Å². The minimum atomic E-state index is -0.0845. The first kappa shape index (κ1) is 23.5. The number of hydrogen-bond donors (Lipinski definition) is 1. The molecule has 1 aliphatic rings. The topological polar surface area (TPSA) is 70.6 Å². The number of carbonyl (C=O) groups is 1. The molecule has 1 N–H and O–H groups in total. The molecule has 0 radical (unpaired) electrons. The molecule has 0 atom stereocenters. The molecule has 178 valence electrons. The maximum atomic E-state index is 12.8. The van der Waals surface area contributed by atoms with Crippen LogP contribution in [0.1, 0.15) is 35.1 Å². The fourth-order valence-electron chi connectivity index (χ4n) is 4.22. The molecule has 34 heavy (non-hydrogen) atoms. The first-order valence-electron chi connectivity index (χ1n) is 11.9. The summed E-state index contributed by atoms with van der Waals surface area (Å²) >= 11 is 0. The summed E-state index contributed by atoms with van der Waals surface area (Å²) in [6.45, 7) is 11.4. The van der Waals surface area contributed by atoms with Gasteiger partial charge < -0.3 is 19.9 Å². The molecule has 0 spiro atoms. The molecular formula is C27H33N5O2. The Morgan fingerprint density at radius 3 is 2.26 bits per heavy atom. The second kappa shape index (κ2) is 10.5. The van der Waals surface area contributed by atoms with Crippen molar-refractivity contribution in [1.29, 1.82) is 0 Å². The molecule has 7 nitrogen and oxygen atoms in total. The van der Waals surface area contributed by atoms with Gasteiger partial charge >= 0.3 is 6.03 Å². The number of nitrogens with zero attached hydrogens (tertiary/aromatic N) is 4. The van der Waals surface area contributed by atoms with Crippen LogP contribution in [0.25, 0.3) is 0 Å². The Balaban J connectivity index is 1.42. The van der Waals surface area contributed by atoms with Gasteiger partial charge in [0, 0.05) is 49.5 Å². The van der Waals surface area contributed by atoms with Crippen LogP contribution in [0.4, 0.5) is 16.3 Å². The van der Waals surface area contributed by atoms with Crippen molar-refractivity contribution < 1.29 is 9.53 Å². The van der Waals surface area contributed by atoms with E-state index in [2.05, 4.69) is 53.3 Å². The van der Waals surface area contributed by atoms with Crippen LogP contribution in [0.2, 0.25) is 0 Å². The predicted molar refractivity (Wildman–Crippen MR) is 136 cm³/mol. The molecule has 3 aromatic rings. The van der Waals surface area contributed by atoms with Crippen LogP contribution in [0.5, 0.6) is 5.75 Å². The number of rotatable bonds is 6. The molecule has 1 saturated heterocycles. The van der Waals surface area contributed by atoms with Gasteiger partial charge in [0.05, 0.1) is 6.61 Å². The highest BCUT2D eigenvalue weighted by molar-refractivity contribution is 5.89. The summed E-state index contributed by atoms with van der Waals surface area (Å²) in [5.74, 6) is 2.55. The van der Waals surface area contributed by atoms with Crippen molar-refractivity contribution in [2.75, 3.05) is 43.0 Å². The summed E-state index contributed by atoms with van der Waals surface area (Å²) < 4.78 is 5.47. The molecule has 4 rings (SSSR count). The van der Waals surface area contributed by atoms with Crippen molar-refractivity contribution in [2.45, 2.75) is 34.1 Å². The Labute approximate surface area is 201 Å². The molecule has 1 fully saturated rings. The van der Waals surface area contributed by atoms with Gasteiger partial charge in [0.25, 0.3) is 0 Å². The second-order valence-electron chi connectivity index (χ2n) is 8.68. The summed E-state index contributed by atoms with van der Waals surface area (Å²) in [5.41, 5.74) is 5.43. The molecule has 2 amide bonds. The van der Waals surface area contributed by atoms with E-state index in [4.69, 9.17) is 9.72 Å². The van der Waals surface area contributed by atoms with Crippen molar-refractivity contribution >= 4 is 17.5 Å². The van der Waals surface area contributed by atoms with E-state index in [0.717, 1.165) is 53.8 Å². The Morgan fingerprint density at radius 2 is 1.62 bits per heavy atom. The summed E-state index contributed by atoms with van der Waals surface area (Å²) in [7, 11) is 0. The van der Waals surface area contributed by atoms with Gasteiger partial charge in [-0.1, -0.05) is 29.8 Å². The van der Waals surface area contributed by atoms with Crippen molar-refractivity contribution in [3.05, 3.63) is 76.7 Å². The lowest BCUT2D eigenvalue weighted by Gasteiger charge is -2.36. The van der Waals surface area contributed by atoms with E-state index in [0.29, 0.717) is 19.7 Å². The van der Waals surface area contributed by atoms with Gasteiger partial charge in [0.1, 0.15) is 17.4 Å². The first-order valence-corrected chi connectivity index (χ1v) is 11.9. The van der Waals surface area contributed by atoms with Crippen LogP contribution in [0.15, 0.2) is 48.5 Å². The Hall–Kier alpha value is -3.61. The molecular weight excluding hydrogens is 426 g/mol. The molecule has 7 heteroatoms. The number of aromatic nitrogens is 2. The lowest BCUT2D eigenvalue weighted by molar-refractivity contribution is 0.208. The average molecular weight is 460 g/mol. The van der Waals surface area contributed by atoms with Crippen LogP contribution in [-0.4, -0.2) is 53.7 Å². The fourth-order valence-corrected chi connectivity index (χ4v) is 4.22. The van der Waals surface area contributed by atoms with Gasteiger partial charge in [0.15, 0.2) is 0 Å². The Kier molecular flexibility index (Phi) is 7.30. The number of nitrogens with one attached hydrogen (secondary N) is 1. The van der Waals surface area contributed by atoms with Crippen molar-refractivity contribution in [2.24, 2.45) is 0 Å². The standard InChI is InChI=1S/C27H33N5O2/c1-5-34-24-12-10-23(11-13-24)30-27(33)32-16-14-31(15-17-32)26-25(20(3)28-21(4)29-26)18-22-8-6-19(2)7-9-22/h6-13H,5,14-18H2,1-4H3,(H,30,33). The van der Waals surface area contributed by atoms with Gasteiger partial charge in [-0.15, -0.1) is 0 Å². The van der Waals surface area contributed by atoms with Gasteiger partial charge in [-0.05, 0) is 57.5 Å². The number of ether oxygens (including phenoxy) is 1. The normalized spacial score (nSPS) is 13.6. The molecule has 0 unspecified atom stereocenters. The number of benzene rings is 2. The van der Waals surface area contributed by atoms with Gasteiger partial charge in [-0.3, -0.25) is 0 Å². The molecule has 2 aromatic carbocycles. The van der Waals surface area contributed by atoms with Crippen LogP contribution in [0.3, 0.4) is 0 Å². The SMILES string of the molecule is CCOc1ccc(NC(=O)N2CCN(c3nc(C)nc(C)c3Cc3ccc(C)cc3)CC2)cc1. The summed E-state index contributed by atoms with van der Waals surface area (Å²) in [6.07, 6.45) is 0.792. The maximum Gasteiger partial charge on any atom is 0.321 e. The number of anilines is 2. The summed E-state index contributed by atoms with van der Waals surface area (Å²) in [5, 5.41) is 2.99. The van der Waals surface area contributed by atoms with Crippen molar-refractivity contribution in [3.8, 4) is 5.75 Å². The lowest BCUT2D eigenvalue weighted by atomic mass is 10.0. The van der Waals surface area contributed by atoms with Crippen molar-refractivity contribution in [3.63, 3.8) is 0 Å². The third kappa shape index (κ3) is 5.65. The molecule has 0 bridgehead atoms. The van der Waals surface area contributed by atoms with Crippen LogP contribution in [-0.2, 0) is 6.42 Å². The van der Waals surface area contributed by atoms with E-state index < -0.39 is 0 Å². The molecule has 0 saturated carbocycles. The quantitative estimate of drug-likeness (QED) is 0.576. The third-order valence-electron chi connectivity index (χ3n) is 6.09. The van der Waals surface area contributed by atoms with E-state index in [1.54, 1.807) is 0 Å². The molecule has 1 aromatic heterocycles. The summed E-state index contributed by atoms with van der Waals surface area (Å²) in [4.78, 5) is 26.4. The molecule has 2 heterocycles. The number of amides is 2. The predicted octanol–water partition coefficient (Wildman–Crippen LogP) is 4.75. The smallest absolute Gasteiger partial charge is 0.321 e. The highest BCUT2D eigenvalue weighted by Crippen LogP contribution is 2.25. The maximum absolute atomic E-state index is 12.8. The number of urea groups is 1. The minimum absolute atomic E-state index is 0.0845. The molecule has 1 aliphatic heterocycles. The largest absolute Gasteiger partial charge is 0.494 e. The van der Waals surface area contributed by atoms with Crippen molar-refractivity contribution in [1.82, 2.24) is 14.9 Å². The van der Waals surface area contributed by atoms with E-state index in [1.807, 2.05) is 43.0 Å². The number of carbonyl (C=O) groups excluding carboxylic acids is 1. The highest BCUT2D eigenvalue weighted by Gasteiger charge is 2.25. The third-order valence-corrected chi connectivity index (χ3v) is 6.09. The molecule has 0 aliphatic carbocycles. The zero-order valence-electron chi connectivity index (χ0n) is 20.5. The van der Waals surface area contributed by atoms with Crippen LogP contribution in [0, 0.1) is 20.8 Å². The van der Waals surface area contributed by atoms with E-state index in [1.165, 1.54) is 11.1 Å². The Bertz CT molecular complexity index is 1120.